The summed E-state index contributed by atoms with van der Waals surface area (Å²) in [5, 5.41) is 0.513. The van der Waals surface area contributed by atoms with E-state index < -0.39 is 10.0 Å². The second-order valence-corrected chi connectivity index (χ2v) is 9.86. The number of halogens is 2. The number of hydrogen-bond acceptors (Lipinski definition) is 3. The Hall–Kier alpha value is -1.60. The third kappa shape index (κ3) is 3.66. The summed E-state index contributed by atoms with van der Waals surface area (Å²) < 4.78 is 27.1. The second kappa shape index (κ2) is 7.67. The molecule has 2 aliphatic rings. The van der Waals surface area contributed by atoms with E-state index in [0.717, 1.165) is 19.3 Å². The van der Waals surface area contributed by atoms with Crippen LogP contribution in [-0.4, -0.2) is 49.7 Å². The first-order valence-corrected chi connectivity index (χ1v) is 11.4. The van der Waals surface area contributed by atoms with Crippen molar-refractivity contribution in [1.82, 2.24) is 9.21 Å². The van der Waals surface area contributed by atoms with Crippen LogP contribution in [0.1, 0.15) is 27.9 Å². The largest absolute Gasteiger partial charge is 0.336 e. The first-order chi connectivity index (χ1) is 13.4. The summed E-state index contributed by atoms with van der Waals surface area (Å²) in [6, 6.07) is 10.2. The van der Waals surface area contributed by atoms with Gasteiger partial charge in [-0.15, -0.1) is 0 Å². The van der Waals surface area contributed by atoms with E-state index in [0.29, 0.717) is 23.7 Å². The topological polar surface area (TPSA) is 57.7 Å². The normalized spacial score (nSPS) is 17.6. The van der Waals surface area contributed by atoms with Gasteiger partial charge in [0, 0.05) is 31.7 Å². The Balaban J connectivity index is 1.45. The van der Waals surface area contributed by atoms with Gasteiger partial charge in [-0.05, 0) is 60.7 Å². The van der Waals surface area contributed by atoms with Gasteiger partial charge in [0.25, 0.3) is 5.91 Å². The van der Waals surface area contributed by atoms with E-state index in [9.17, 15) is 13.2 Å². The SMILES string of the molecule is O=C(c1ccc2c(c1)CCC2)N1CCN(S(=O)(=O)c2ccc(Cl)c(Cl)c2)CC1. The molecule has 4 rings (SSSR count). The zero-order valence-corrected chi connectivity index (χ0v) is 17.5. The molecular formula is C20H20Cl2N2O3S. The molecular weight excluding hydrogens is 419 g/mol. The number of aryl methyl sites for hydroxylation is 2. The molecule has 0 saturated carbocycles. The fourth-order valence-electron chi connectivity index (χ4n) is 3.81. The van der Waals surface area contributed by atoms with Crippen molar-refractivity contribution in [3.63, 3.8) is 0 Å². The predicted octanol–water partition coefficient (Wildman–Crippen LogP) is 3.63. The first-order valence-electron chi connectivity index (χ1n) is 9.22. The highest BCUT2D eigenvalue weighted by molar-refractivity contribution is 7.89. The minimum absolute atomic E-state index is 0.0405. The maximum Gasteiger partial charge on any atom is 0.253 e. The van der Waals surface area contributed by atoms with E-state index >= 15 is 0 Å². The number of benzene rings is 2. The van der Waals surface area contributed by atoms with Crippen LogP contribution in [0.25, 0.3) is 0 Å². The third-order valence-electron chi connectivity index (χ3n) is 5.40. The number of piperazine rings is 1. The number of fused-ring (bicyclic) bond motifs is 1. The molecule has 1 fully saturated rings. The number of hydrogen-bond donors (Lipinski definition) is 0. The van der Waals surface area contributed by atoms with Gasteiger partial charge in [-0.3, -0.25) is 4.79 Å². The van der Waals surface area contributed by atoms with Gasteiger partial charge in [0.1, 0.15) is 0 Å². The van der Waals surface area contributed by atoms with Crippen molar-refractivity contribution in [3.8, 4) is 0 Å². The summed E-state index contributed by atoms with van der Waals surface area (Å²) in [5.41, 5.74) is 3.27. The lowest BCUT2D eigenvalue weighted by molar-refractivity contribution is 0.0698. The lowest BCUT2D eigenvalue weighted by atomic mass is 10.1. The van der Waals surface area contributed by atoms with Crippen LogP contribution in [0.5, 0.6) is 0 Å². The number of sulfonamides is 1. The first kappa shape index (κ1) is 19.7. The average molecular weight is 439 g/mol. The van der Waals surface area contributed by atoms with Gasteiger partial charge in [0.2, 0.25) is 10.0 Å². The van der Waals surface area contributed by atoms with Crippen LogP contribution in [0.3, 0.4) is 0 Å². The van der Waals surface area contributed by atoms with Gasteiger partial charge in [-0.25, -0.2) is 8.42 Å². The molecule has 0 unspecified atom stereocenters. The molecule has 2 aromatic rings. The summed E-state index contributed by atoms with van der Waals surface area (Å²) in [4.78, 5) is 14.7. The molecule has 0 bridgehead atoms. The predicted molar refractivity (Wildman–Crippen MR) is 110 cm³/mol. The number of amides is 1. The van der Waals surface area contributed by atoms with Gasteiger partial charge in [0.15, 0.2) is 0 Å². The van der Waals surface area contributed by atoms with Crippen molar-refractivity contribution in [2.24, 2.45) is 0 Å². The molecule has 0 atom stereocenters. The van der Waals surface area contributed by atoms with Gasteiger partial charge in [-0.1, -0.05) is 29.3 Å². The molecule has 0 radical (unpaired) electrons. The average Bonchev–Trinajstić information content (AvgIpc) is 3.17. The Morgan fingerprint density at radius 2 is 1.57 bits per heavy atom. The maximum absolute atomic E-state index is 12.8. The molecule has 2 aromatic carbocycles. The number of rotatable bonds is 3. The molecule has 0 spiro atoms. The van der Waals surface area contributed by atoms with Gasteiger partial charge < -0.3 is 4.90 Å². The Labute approximate surface area is 174 Å². The summed E-state index contributed by atoms with van der Waals surface area (Å²) in [5.74, 6) is -0.0405. The molecule has 1 aliphatic carbocycles. The van der Waals surface area contributed by atoms with Crippen LogP contribution in [0, 0.1) is 0 Å². The molecule has 0 aromatic heterocycles. The number of carbonyl (C=O) groups is 1. The van der Waals surface area contributed by atoms with Crippen molar-refractivity contribution in [2.75, 3.05) is 26.2 Å². The monoisotopic (exact) mass is 438 g/mol. The summed E-state index contributed by atoms with van der Waals surface area (Å²) in [7, 11) is -3.67. The highest BCUT2D eigenvalue weighted by Crippen LogP contribution is 2.27. The van der Waals surface area contributed by atoms with Crippen LogP contribution in [0.2, 0.25) is 10.0 Å². The Bertz CT molecular complexity index is 1030. The van der Waals surface area contributed by atoms with Crippen molar-refractivity contribution >= 4 is 39.1 Å². The molecule has 1 amide bonds. The van der Waals surface area contributed by atoms with Crippen molar-refractivity contribution in [2.45, 2.75) is 24.2 Å². The summed E-state index contributed by atoms with van der Waals surface area (Å²) >= 11 is 11.8. The van der Waals surface area contributed by atoms with Gasteiger partial charge >= 0.3 is 0 Å². The standard InChI is InChI=1S/C20H20Cl2N2O3S/c21-18-7-6-17(13-19(18)22)28(26,27)24-10-8-23(9-11-24)20(25)16-5-4-14-2-1-3-15(14)12-16/h4-7,12-13H,1-3,8-11H2. The van der Waals surface area contributed by atoms with Crippen molar-refractivity contribution in [3.05, 3.63) is 63.1 Å². The number of nitrogens with zero attached hydrogens (tertiary/aromatic N) is 2. The molecule has 8 heteroatoms. The minimum atomic E-state index is -3.67. The van der Waals surface area contributed by atoms with E-state index in [2.05, 4.69) is 0 Å². The molecule has 1 saturated heterocycles. The summed E-state index contributed by atoms with van der Waals surface area (Å²) in [6.45, 7) is 1.21. The van der Waals surface area contributed by atoms with E-state index in [1.54, 1.807) is 4.90 Å². The van der Waals surface area contributed by atoms with Crippen LogP contribution in [0.15, 0.2) is 41.3 Å². The minimum Gasteiger partial charge on any atom is -0.336 e. The molecule has 0 N–H and O–H groups in total. The molecule has 1 aliphatic heterocycles. The van der Waals surface area contributed by atoms with E-state index in [1.165, 1.54) is 33.6 Å². The Kier molecular flexibility index (Phi) is 5.40. The fourth-order valence-corrected chi connectivity index (χ4v) is 5.62. The highest BCUT2D eigenvalue weighted by atomic mass is 35.5. The van der Waals surface area contributed by atoms with E-state index in [1.807, 2.05) is 18.2 Å². The Morgan fingerprint density at radius 1 is 0.857 bits per heavy atom. The summed E-state index contributed by atoms with van der Waals surface area (Å²) in [6.07, 6.45) is 3.24. The highest BCUT2D eigenvalue weighted by Gasteiger charge is 2.31. The fraction of sp³-hybridized carbons (Fsp3) is 0.350. The molecule has 28 heavy (non-hydrogen) atoms. The van der Waals surface area contributed by atoms with Gasteiger partial charge in [-0.2, -0.15) is 4.31 Å². The Morgan fingerprint density at radius 3 is 2.29 bits per heavy atom. The van der Waals surface area contributed by atoms with Gasteiger partial charge in [0.05, 0.1) is 14.9 Å². The van der Waals surface area contributed by atoms with Crippen LogP contribution < -0.4 is 0 Å². The van der Waals surface area contributed by atoms with E-state index in [4.69, 9.17) is 23.2 Å². The van der Waals surface area contributed by atoms with Crippen LogP contribution in [0.4, 0.5) is 0 Å². The van der Waals surface area contributed by atoms with Crippen molar-refractivity contribution < 1.29 is 13.2 Å². The van der Waals surface area contributed by atoms with E-state index in [-0.39, 0.29) is 28.9 Å². The van der Waals surface area contributed by atoms with Crippen LogP contribution >= 0.6 is 23.2 Å². The lowest BCUT2D eigenvalue weighted by Gasteiger charge is -2.34. The maximum atomic E-state index is 12.8. The second-order valence-electron chi connectivity index (χ2n) is 7.11. The third-order valence-corrected chi connectivity index (χ3v) is 8.03. The molecule has 5 nitrogen and oxygen atoms in total. The van der Waals surface area contributed by atoms with Crippen LogP contribution in [-0.2, 0) is 22.9 Å². The quantitative estimate of drug-likeness (QED) is 0.734. The number of carbonyl (C=O) groups excluding carboxylic acids is 1. The molecule has 1 heterocycles. The lowest BCUT2D eigenvalue weighted by Crippen LogP contribution is -2.50. The zero-order chi connectivity index (χ0) is 19.9. The smallest absolute Gasteiger partial charge is 0.253 e. The van der Waals surface area contributed by atoms with Crippen molar-refractivity contribution in [1.29, 1.82) is 0 Å². The molecule has 148 valence electrons. The zero-order valence-electron chi connectivity index (χ0n) is 15.2.